The number of rotatable bonds is 5. The molecule has 0 bridgehead atoms. The molecule has 0 atom stereocenters. The molecule has 2 N–H and O–H groups in total. The third kappa shape index (κ3) is 4.26. The molecule has 2 aromatic rings. The van der Waals surface area contributed by atoms with Gasteiger partial charge < -0.3 is 9.84 Å². The molecule has 0 spiro atoms. The third-order valence-corrected chi connectivity index (χ3v) is 4.83. The number of thioether (sulfide) groups is 1. The number of aromatic nitrogens is 1. The second kappa shape index (κ2) is 8.19. The van der Waals surface area contributed by atoms with Crippen LogP contribution in [0.4, 0.5) is 0 Å². The summed E-state index contributed by atoms with van der Waals surface area (Å²) in [4.78, 5) is 29.0. The summed E-state index contributed by atoms with van der Waals surface area (Å²) in [6, 6.07) is 7.84. The number of hydrogen-bond acceptors (Lipinski definition) is 7. The monoisotopic (exact) mass is 401 g/mol. The number of amides is 2. The van der Waals surface area contributed by atoms with E-state index in [4.69, 9.17) is 17.0 Å². The number of hydrazine groups is 1. The zero-order valence-corrected chi connectivity index (χ0v) is 15.8. The molecule has 1 aromatic heterocycles. The van der Waals surface area contributed by atoms with Gasteiger partial charge in [-0.3, -0.25) is 20.0 Å². The van der Waals surface area contributed by atoms with Crippen LogP contribution >= 0.6 is 24.0 Å². The highest BCUT2D eigenvalue weighted by molar-refractivity contribution is 8.26. The van der Waals surface area contributed by atoms with Crippen molar-refractivity contribution in [2.75, 3.05) is 6.61 Å². The maximum Gasteiger partial charge on any atom is 0.285 e. The number of carbonyl (C=O) groups is 2. The molecule has 3 rings (SSSR count). The van der Waals surface area contributed by atoms with E-state index in [9.17, 15) is 14.7 Å². The lowest BCUT2D eigenvalue weighted by atomic mass is 10.2. The first-order valence-corrected chi connectivity index (χ1v) is 9.17. The van der Waals surface area contributed by atoms with Crippen LogP contribution < -0.4 is 10.2 Å². The zero-order chi connectivity index (χ0) is 19.4. The molecule has 9 heteroatoms. The number of aromatic hydroxyl groups is 1. The first-order chi connectivity index (χ1) is 13.0. The molecular weight excluding hydrogens is 386 g/mol. The Bertz CT molecular complexity index is 931. The Morgan fingerprint density at radius 2 is 2.11 bits per heavy atom. The minimum Gasteiger partial charge on any atom is -0.504 e. The Hall–Kier alpha value is -2.91. The fourth-order valence-electron chi connectivity index (χ4n) is 2.28. The van der Waals surface area contributed by atoms with Gasteiger partial charge in [0.15, 0.2) is 15.8 Å². The number of carbonyl (C=O) groups excluding carboxylic acids is 2. The fourth-order valence-corrected chi connectivity index (χ4v) is 3.46. The van der Waals surface area contributed by atoms with E-state index in [1.54, 1.807) is 18.2 Å². The van der Waals surface area contributed by atoms with Crippen LogP contribution in [-0.2, 0) is 4.79 Å². The minimum atomic E-state index is -0.460. The van der Waals surface area contributed by atoms with Crippen molar-refractivity contribution in [3.8, 4) is 11.5 Å². The van der Waals surface area contributed by atoms with Crippen molar-refractivity contribution in [2.24, 2.45) is 0 Å². The number of pyridine rings is 1. The minimum absolute atomic E-state index is 0.0196. The zero-order valence-electron chi connectivity index (χ0n) is 14.2. The molecule has 27 heavy (non-hydrogen) atoms. The highest BCUT2D eigenvalue weighted by Crippen LogP contribution is 2.33. The van der Waals surface area contributed by atoms with Crippen LogP contribution in [-0.4, -0.2) is 37.8 Å². The third-order valence-electron chi connectivity index (χ3n) is 3.53. The standard InChI is InChI=1S/C18H15N3O4S2/c1-2-25-14-9-11(3-4-13(14)22)10-15-17(24)21(18(26)27-15)20-16(23)12-5-7-19-8-6-12/h3-10,22H,2H2,1H3,(H,20,23)/b15-10+. The van der Waals surface area contributed by atoms with Crippen molar-refractivity contribution in [1.82, 2.24) is 15.4 Å². The summed E-state index contributed by atoms with van der Waals surface area (Å²) in [5.41, 5.74) is 3.53. The van der Waals surface area contributed by atoms with Crippen molar-refractivity contribution in [3.63, 3.8) is 0 Å². The lowest BCUT2D eigenvalue weighted by Crippen LogP contribution is -2.44. The molecule has 0 aliphatic carbocycles. The molecular formula is C18H15N3O4S2. The van der Waals surface area contributed by atoms with Gasteiger partial charge in [-0.05, 0) is 55.0 Å². The lowest BCUT2D eigenvalue weighted by Gasteiger charge is -2.15. The summed E-state index contributed by atoms with van der Waals surface area (Å²) in [7, 11) is 0. The smallest absolute Gasteiger partial charge is 0.285 e. The van der Waals surface area contributed by atoms with Crippen LogP contribution in [0.2, 0.25) is 0 Å². The van der Waals surface area contributed by atoms with Crippen LogP contribution in [0.25, 0.3) is 6.08 Å². The van der Waals surface area contributed by atoms with Gasteiger partial charge in [-0.2, -0.15) is 5.01 Å². The maximum atomic E-state index is 12.6. The van der Waals surface area contributed by atoms with E-state index in [-0.39, 0.29) is 10.1 Å². The molecule has 1 fully saturated rings. The lowest BCUT2D eigenvalue weighted by molar-refractivity contribution is -0.123. The van der Waals surface area contributed by atoms with E-state index in [0.29, 0.717) is 28.4 Å². The van der Waals surface area contributed by atoms with Crippen molar-refractivity contribution in [2.45, 2.75) is 6.92 Å². The van der Waals surface area contributed by atoms with Gasteiger partial charge >= 0.3 is 0 Å². The average molecular weight is 401 g/mol. The molecule has 1 saturated heterocycles. The SMILES string of the molecule is CCOc1cc(/C=C2/SC(=S)N(NC(=O)c3ccncc3)C2=O)ccc1O. The first-order valence-electron chi connectivity index (χ1n) is 7.94. The number of nitrogens with zero attached hydrogens (tertiary/aromatic N) is 2. The van der Waals surface area contributed by atoms with Gasteiger partial charge in [0.1, 0.15) is 0 Å². The van der Waals surface area contributed by atoms with Crippen LogP contribution in [0.15, 0.2) is 47.6 Å². The molecule has 138 valence electrons. The predicted octanol–water partition coefficient (Wildman–Crippen LogP) is 2.73. The summed E-state index contributed by atoms with van der Waals surface area (Å²) in [5.74, 6) is -0.546. The van der Waals surface area contributed by atoms with Gasteiger partial charge in [-0.25, -0.2) is 0 Å². The van der Waals surface area contributed by atoms with E-state index in [0.717, 1.165) is 16.8 Å². The van der Waals surface area contributed by atoms with Crippen LogP contribution in [0.5, 0.6) is 11.5 Å². The van der Waals surface area contributed by atoms with Gasteiger partial charge in [0.05, 0.1) is 11.5 Å². The van der Waals surface area contributed by atoms with E-state index in [1.807, 2.05) is 6.92 Å². The van der Waals surface area contributed by atoms with Crippen molar-refractivity contribution in [3.05, 3.63) is 58.8 Å². The summed E-state index contributed by atoms with van der Waals surface area (Å²) in [6.07, 6.45) is 4.60. The average Bonchev–Trinajstić information content (AvgIpc) is 2.92. The second-order valence-electron chi connectivity index (χ2n) is 5.35. The number of phenols is 1. The molecule has 1 aromatic carbocycles. The Morgan fingerprint density at radius 3 is 2.81 bits per heavy atom. The molecule has 1 aliphatic heterocycles. The quantitative estimate of drug-likeness (QED) is 0.588. The maximum absolute atomic E-state index is 12.6. The van der Waals surface area contributed by atoms with Crippen molar-refractivity contribution in [1.29, 1.82) is 0 Å². The Balaban J connectivity index is 1.78. The Morgan fingerprint density at radius 1 is 1.37 bits per heavy atom. The van der Waals surface area contributed by atoms with E-state index in [1.165, 1.54) is 30.6 Å². The number of nitrogens with one attached hydrogen (secondary N) is 1. The number of ether oxygens (including phenoxy) is 1. The van der Waals surface area contributed by atoms with Gasteiger partial charge in [0.25, 0.3) is 11.8 Å². The van der Waals surface area contributed by atoms with Crippen LogP contribution in [0, 0.1) is 0 Å². The number of hydrogen-bond donors (Lipinski definition) is 2. The molecule has 0 radical (unpaired) electrons. The number of phenolic OH excluding ortho intramolecular Hbond substituents is 1. The molecule has 7 nitrogen and oxygen atoms in total. The fraction of sp³-hybridized carbons (Fsp3) is 0.111. The van der Waals surface area contributed by atoms with Gasteiger partial charge in [-0.15, -0.1) is 0 Å². The highest BCUT2D eigenvalue weighted by atomic mass is 32.2. The highest BCUT2D eigenvalue weighted by Gasteiger charge is 2.33. The van der Waals surface area contributed by atoms with Gasteiger partial charge in [0, 0.05) is 18.0 Å². The van der Waals surface area contributed by atoms with E-state index in [2.05, 4.69) is 10.4 Å². The number of benzene rings is 1. The van der Waals surface area contributed by atoms with Crippen molar-refractivity contribution < 1.29 is 19.4 Å². The van der Waals surface area contributed by atoms with E-state index < -0.39 is 11.8 Å². The molecule has 1 aliphatic rings. The Labute approximate surface area is 165 Å². The summed E-state index contributed by atoms with van der Waals surface area (Å²) >= 11 is 6.28. The molecule has 0 unspecified atom stereocenters. The summed E-state index contributed by atoms with van der Waals surface area (Å²) in [6.45, 7) is 2.21. The molecule has 2 heterocycles. The second-order valence-corrected chi connectivity index (χ2v) is 7.03. The van der Waals surface area contributed by atoms with Crippen molar-refractivity contribution >= 4 is 46.2 Å². The predicted molar refractivity (Wildman–Crippen MR) is 106 cm³/mol. The molecule has 0 saturated carbocycles. The summed E-state index contributed by atoms with van der Waals surface area (Å²) in [5, 5.41) is 10.8. The first kappa shape index (κ1) is 18.9. The topological polar surface area (TPSA) is 91.8 Å². The van der Waals surface area contributed by atoms with Gasteiger partial charge in [0.2, 0.25) is 0 Å². The van der Waals surface area contributed by atoms with E-state index >= 15 is 0 Å². The number of thiocarbonyl (C=S) groups is 1. The molecule has 2 amide bonds. The normalized spacial score (nSPS) is 15.3. The van der Waals surface area contributed by atoms with Crippen LogP contribution in [0.1, 0.15) is 22.8 Å². The summed E-state index contributed by atoms with van der Waals surface area (Å²) < 4.78 is 5.56. The Kier molecular flexibility index (Phi) is 5.72. The van der Waals surface area contributed by atoms with Gasteiger partial charge in [-0.1, -0.05) is 17.8 Å². The largest absolute Gasteiger partial charge is 0.504 e. The van der Waals surface area contributed by atoms with Crippen LogP contribution in [0.3, 0.4) is 0 Å².